The van der Waals surface area contributed by atoms with Crippen LogP contribution < -0.4 is 0 Å². The van der Waals surface area contributed by atoms with Gasteiger partial charge in [0.05, 0.1) is 23.1 Å². The Kier molecular flexibility index (Phi) is 6.43. The number of amides is 1. The van der Waals surface area contributed by atoms with Gasteiger partial charge in [0.15, 0.2) is 0 Å². The van der Waals surface area contributed by atoms with Crippen LogP contribution in [0.2, 0.25) is 0 Å². The molecule has 5 nitrogen and oxygen atoms in total. The van der Waals surface area contributed by atoms with E-state index in [1.807, 2.05) is 16.0 Å². The summed E-state index contributed by atoms with van der Waals surface area (Å²) in [7, 11) is 0. The summed E-state index contributed by atoms with van der Waals surface area (Å²) in [5.74, 6) is 0.595. The maximum absolute atomic E-state index is 13.1. The smallest absolute Gasteiger partial charge is 0.376 e. The number of halogens is 3. The fourth-order valence-corrected chi connectivity index (χ4v) is 4.30. The van der Waals surface area contributed by atoms with Gasteiger partial charge in [-0.15, -0.1) is 11.3 Å². The lowest BCUT2D eigenvalue weighted by Gasteiger charge is -2.25. The molecule has 164 valence electrons. The van der Waals surface area contributed by atoms with Crippen molar-refractivity contribution in [3.63, 3.8) is 0 Å². The lowest BCUT2D eigenvalue weighted by Crippen LogP contribution is -2.37. The van der Waals surface area contributed by atoms with Gasteiger partial charge in [-0.3, -0.25) is 4.79 Å². The van der Waals surface area contributed by atoms with Gasteiger partial charge in [-0.2, -0.15) is 13.2 Å². The highest BCUT2D eigenvalue weighted by molar-refractivity contribution is 7.12. The second kappa shape index (κ2) is 9.23. The molecule has 1 fully saturated rings. The molecule has 0 N–H and O–H groups in total. The van der Waals surface area contributed by atoms with Gasteiger partial charge in [0.1, 0.15) is 5.82 Å². The van der Waals surface area contributed by atoms with Gasteiger partial charge in [-0.25, -0.2) is 4.98 Å². The van der Waals surface area contributed by atoms with Crippen LogP contribution in [0.1, 0.15) is 39.5 Å². The summed E-state index contributed by atoms with van der Waals surface area (Å²) in [4.78, 5) is 19.9. The Hall–Kier alpha value is -2.65. The number of hydrogen-bond donors (Lipinski definition) is 0. The summed E-state index contributed by atoms with van der Waals surface area (Å²) >= 11 is 1.39. The molecule has 1 aliphatic rings. The van der Waals surface area contributed by atoms with E-state index < -0.39 is 11.7 Å². The monoisotopic (exact) mass is 449 g/mol. The average molecular weight is 449 g/mol. The predicted octanol–water partition coefficient (Wildman–Crippen LogP) is 4.83. The van der Waals surface area contributed by atoms with E-state index in [9.17, 15) is 18.0 Å². The van der Waals surface area contributed by atoms with E-state index in [4.69, 9.17) is 4.74 Å². The molecule has 0 bridgehead atoms. The van der Waals surface area contributed by atoms with Crippen LogP contribution in [0, 0.1) is 0 Å². The van der Waals surface area contributed by atoms with Crippen LogP contribution in [0.15, 0.2) is 54.2 Å². The summed E-state index contributed by atoms with van der Waals surface area (Å²) in [6.45, 7) is 1.84. The molecular formula is C22H22F3N3O2S. The largest absolute Gasteiger partial charge is 0.416 e. The highest BCUT2D eigenvalue weighted by Gasteiger charge is 2.30. The number of nitrogens with zero attached hydrogens (tertiary/aromatic N) is 3. The zero-order chi connectivity index (χ0) is 21.8. The van der Waals surface area contributed by atoms with Crippen molar-refractivity contribution >= 4 is 17.2 Å². The zero-order valence-corrected chi connectivity index (χ0v) is 17.5. The number of rotatable bonds is 7. The van der Waals surface area contributed by atoms with Gasteiger partial charge in [-0.05, 0) is 42.0 Å². The number of imidazole rings is 1. The molecule has 2 aromatic heterocycles. The van der Waals surface area contributed by atoms with Crippen LogP contribution in [0.25, 0.3) is 0 Å². The van der Waals surface area contributed by atoms with Gasteiger partial charge in [-0.1, -0.05) is 18.2 Å². The van der Waals surface area contributed by atoms with E-state index in [2.05, 4.69) is 4.98 Å². The minimum Gasteiger partial charge on any atom is -0.376 e. The van der Waals surface area contributed by atoms with Gasteiger partial charge >= 0.3 is 6.18 Å². The fraction of sp³-hybridized carbons (Fsp3) is 0.364. The highest BCUT2D eigenvalue weighted by Crippen LogP contribution is 2.29. The molecule has 3 aromatic rings. The first-order chi connectivity index (χ1) is 14.9. The number of alkyl halides is 3. The Morgan fingerprint density at radius 2 is 2.06 bits per heavy atom. The first-order valence-corrected chi connectivity index (χ1v) is 10.9. The Morgan fingerprint density at radius 3 is 2.71 bits per heavy atom. The SMILES string of the molecule is O=C(c1cccs1)N(Cc1nccn1Cc1ccc(C(F)(F)F)cc1)CC1CCCO1. The highest BCUT2D eigenvalue weighted by atomic mass is 32.1. The van der Waals surface area contributed by atoms with Crippen LogP contribution in [0.4, 0.5) is 13.2 Å². The summed E-state index contributed by atoms with van der Waals surface area (Å²) in [6, 6.07) is 8.73. The molecule has 1 aromatic carbocycles. The van der Waals surface area contributed by atoms with E-state index in [-0.39, 0.29) is 12.0 Å². The van der Waals surface area contributed by atoms with Crippen molar-refractivity contribution < 1.29 is 22.7 Å². The van der Waals surface area contributed by atoms with Crippen molar-refractivity contribution in [3.8, 4) is 0 Å². The number of benzene rings is 1. The molecule has 1 unspecified atom stereocenters. The third-order valence-electron chi connectivity index (χ3n) is 5.24. The number of hydrogen-bond acceptors (Lipinski definition) is 4. The van der Waals surface area contributed by atoms with E-state index in [0.717, 1.165) is 30.5 Å². The van der Waals surface area contributed by atoms with Crippen LogP contribution >= 0.6 is 11.3 Å². The molecule has 9 heteroatoms. The van der Waals surface area contributed by atoms with E-state index >= 15 is 0 Å². The standard InChI is InChI=1S/C22H22F3N3O2S/c23-22(24,25)17-7-5-16(6-8-17)13-27-10-9-26-20(27)15-28(14-18-3-1-11-30-18)21(29)19-4-2-12-31-19/h2,4-10,12,18H,1,3,11,13-15H2. The summed E-state index contributed by atoms with van der Waals surface area (Å²) in [6.07, 6.45) is 0.945. The maximum atomic E-state index is 13.1. The van der Waals surface area contributed by atoms with Crippen LogP contribution in [0.3, 0.4) is 0 Å². The molecule has 1 aliphatic heterocycles. The summed E-state index contributed by atoms with van der Waals surface area (Å²) < 4.78 is 46.0. The lowest BCUT2D eigenvalue weighted by atomic mass is 10.1. The second-order valence-corrected chi connectivity index (χ2v) is 8.41. The molecule has 1 saturated heterocycles. The van der Waals surface area contributed by atoms with Gasteiger partial charge < -0.3 is 14.2 Å². The zero-order valence-electron chi connectivity index (χ0n) is 16.7. The molecule has 1 amide bonds. The van der Waals surface area contributed by atoms with Crippen molar-refractivity contribution in [1.29, 1.82) is 0 Å². The summed E-state index contributed by atoms with van der Waals surface area (Å²) in [5.41, 5.74) is 0.0499. The molecule has 3 heterocycles. The van der Waals surface area contributed by atoms with Crippen molar-refractivity contribution in [2.75, 3.05) is 13.2 Å². The summed E-state index contributed by atoms with van der Waals surface area (Å²) in [5, 5.41) is 1.86. The van der Waals surface area contributed by atoms with Crippen LogP contribution in [0.5, 0.6) is 0 Å². The average Bonchev–Trinajstić information content (AvgIpc) is 3.51. The van der Waals surface area contributed by atoms with E-state index in [0.29, 0.717) is 36.9 Å². The van der Waals surface area contributed by atoms with Gasteiger partial charge in [0.25, 0.3) is 5.91 Å². The molecule has 31 heavy (non-hydrogen) atoms. The Morgan fingerprint density at radius 1 is 1.26 bits per heavy atom. The Balaban J connectivity index is 1.50. The number of carbonyl (C=O) groups excluding carboxylic acids is 1. The lowest BCUT2D eigenvalue weighted by molar-refractivity contribution is -0.137. The first kappa shape index (κ1) is 21.6. The number of carbonyl (C=O) groups is 1. The minimum atomic E-state index is -4.36. The van der Waals surface area contributed by atoms with Crippen LogP contribution in [-0.2, 0) is 24.0 Å². The number of ether oxygens (including phenoxy) is 1. The molecule has 0 saturated carbocycles. The maximum Gasteiger partial charge on any atom is 0.416 e. The van der Waals surface area contributed by atoms with E-state index in [1.165, 1.54) is 23.5 Å². The van der Waals surface area contributed by atoms with Crippen LogP contribution in [-0.4, -0.2) is 39.6 Å². The van der Waals surface area contributed by atoms with Gasteiger partial charge in [0.2, 0.25) is 0 Å². The number of thiophene rings is 1. The molecule has 0 aliphatic carbocycles. The van der Waals surface area contributed by atoms with Crippen molar-refractivity contribution in [2.24, 2.45) is 0 Å². The molecule has 4 rings (SSSR count). The minimum absolute atomic E-state index is 0.00207. The predicted molar refractivity (Wildman–Crippen MR) is 111 cm³/mol. The Bertz CT molecular complexity index is 994. The Labute approximate surface area is 182 Å². The third kappa shape index (κ3) is 5.34. The topological polar surface area (TPSA) is 47.4 Å². The van der Waals surface area contributed by atoms with Crippen molar-refractivity contribution in [1.82, 2.24) is 14.5 Å². The third-order valence-corrected chi connectivity index (χ3v) is 6.09. The normalized spacial score (nSPS) is 16.5. The number of aromatic nitrogens is 2. The van der Waals surface area contributed by atoms with E-state index in [1.54, 1.807) is 23.4 Å². The molecule has 1 atom stereocenters. The molecule has 0 spiro atoms. The fourth-order valence-electron chi connectivity index (χ4n) is 3.61. The molecule has 0 radical (unpaired) electrons. The van der Waals surface area contributed by atoms with Gasteiger partial charge in [0, 0.05) is 32.1 Å². The first-order valence-electron chi connectivity index (χ1n) is 10.0. The quantitative estimate of drug-likeness (QED) is 0.519. The second-order valence-electron chi connectivity index (χ2n) is 7.46. The van der Waals surface area contributed by atoms with Crippen molar-refractivity contribution in [3.05, 3.63) is 76.0 Å². The molecular weight excluding hydrogens is 427 g/mol. The van der Waals surface area contributed by atoms with Crippen molar-refractivity contribution in [2.45, 2.75) is 38.2 Å².